The van der Waals surface area contributed by atoms with Crippen LogP contribution in [0, 0.1) is 5.82 Å². The van der Waals surface area contributed by atoms with Crippen LogP contribution in [-0.2, 0) is 9.59 Å². The van der Waals surface area contributed by atoms with Crippen LogP contribution in [-0.4, -0.2) is 33.7 Å². The summed E-state index contributed by atoms with van der Waals surface area (Å²) < 4.78 is 13.0. The van der Waals surface area contributed by atoms with Crippen molar-refractivity contribution in [3.8, 4) is 0 Å². The number of carbonyl (C=O) groups excluding carboxylic acids is 2. The molecular weight excluding hydrogens is 365 g/mol. The third kappa shape index (κ3) is 4.95. The van der Waals surface area contributed by atoms with Crippen molar-refractivity contribution in [2.45, 2.75) is 25.0 Å². The van der Waals surface area contributed by atoms with Gasteiger partial charge in [-0.05, 0) is 42.8 Å². The van der Waals surface area contributed by atoms with Gasteiger partial charge in [0.05, 0.1) is 5.69 Å². The number of para-hydroxylation sites is 1. The van der Waals surface area contributed by atoms with E-state index in [-0.39, 0.29) is 24.1 Å². The summed E-state index contributed by atoms with van der Waals surface area (Å²) in [6, 6.07) is 15.0. The Bertz CT molecular complexity index is 840. The van der Waals surface area contributed by atoms with E-state index in [2.05, 4.69) is 10.3 Å². The number of halogens is 1. The van der Waals surface area contributed by atoms with Gasteiger partial charge in [0.1, 0.15) is 11.1 Å². The maximum absolute atomic E-state index is 13.0. The molecule has 0 saturated carbocycles. The molecule has 1 aliphatic rings. The molecule has 0 unspecified atom stereocenters. The van der Waals surface area contributed by atoms with Gasteiger partial charge in [0.2, 0.25) is 11.8 Å². The topological polar surface area (TPSA) is 61.8 Å². The van der Waals surface area contributed by atoms with Gasteiger partial charge in [0.15, 0.2) is 5.17 Å². The molecule has 5 nitrogen and oxygen atoms in total. The van der Waals surface area contributed by atoms with E-state index >= 15 is 0 Å². The van der Waals surface area contributed by atoms with Crippen molar-refractivity contribution in [1.82, 2.24) is 4.90 Å². The lowest BCUT2D eigenvalue weighted by molar-refractivity contribution is -0.128. The van der Waals surface area contributed by atoms with Crippen molar-refractivity contribution < 1.29 is 14.0 Å². The first-order valence-corrected chi connectivity index (χ1v) is 9.62. The number of rotatable bonds is 6. The summed E-state index contributed by atoms with van der Waals surface area (Å²) in [6.45, 7) is 2.56. The van der Waals surface area contributed by atoms with E-state index in [1.165, 1.54) is 36.0 Å². The summed E-state index contributed by atoms with van der Waals surface area (Å²) >= 11 is 1.31. The highest BCUT2D eigenvalue weighted by Gasteiger charge is 2.38. The van der Waals surface area contributed by atoms with E-state index in [4.69, 9.17) is 0 Å². The molecule has 27 heavy (non-hydrogen) atoms. The monoisotopic (exact) mass is 385 g/mol. The minimum absolute atomic E-state index is 0.0366. The quantitative estimate of drug-likeness (QED) is 0.811. The van der Waals surface area contributed by atoms with Crippen LogP contribution in [0.2, 0.25) is 0 Å². The van der Waals surface area contributed by atoms with Gasteiger partial charge < -0.3 is 5.32 Å². The normalized spacial score (nSPS) is 18.1. The number of hydrogen-bond acceptors (Lipinski definition) is 4. The van der Waals surface area contributed by atoms with Crippen molar-refractivity contribution in [2.75, 3.05) is 11.9 Å². The number of nitrogens with zero attached hydrogens (tertiary/aromatic N) is 2. The Balaban J connectivity index is 1.70. The zero-order valence-electron chi connectivity index (χ0n) is 14.9. The summed E-state index contributed by atoms with van der Waals surface area (Å²) in [5, 5.41) is 2.80. The van der Waals surface area contributed by atoms with Gasteiger partial charge in [-0.2, -0.15) is 0 Å². The van der Waals surface area contributed by atoms with Crippen molar-refractivity contribution in [3.05, 3.63) is 60.4 Å². The minimum atomic E-state index is -0.514. The number of amidine groups is 1. The lowest BCUT2D eigenvalue weighted by atomic mass is 10.2. The lowest BCUT2D eigenvalue weighted by Gasteiger charge is -2.15. The van der Waals surface area contributed by atoms with Crippen LogP contribution >= 0.6 is 11.8 Å². The summed E-state index contributed by atoms with van der Waals surface area (Å²) in [7, 11) is 0. The number of thioether (sulfide) groups is 1. The third-order valence-electron chi connectivity index (χ3n) is 3.95. The van der Waals surface area contributed by atoms with E-state index in [9.17, 15) is 14.0 Å². The molecular formula is C20H20FN3O2S. The van der Waals surface area contributed by atoms with Crippen molar-refractivity contribution in [1.29, 1.82) is 0 Å². The first kappa shape index (κ1) is 19.1. The SMILES string of the molecule is CCCN1C(=O)[C@@H](CC(=O)Nc2ccc(F)cc2)SC1=Nc1ccccc1. The van der Waals surface area contributed by atoms with Crippen LogP contribution in [0.15, 0.2) is 59.6 Å². The smallest absolute Gasteiger partial charge is 0.242 e. The molecule has 0 radical (unpaired) electrons. The molecule has 3 rings (SSSR count). The van der Waals surface area contributed by atoms with Gasteiger partial charge in [-0.25, -0.2) is 9.38 Å². The molecule has 0 aromatic heterocycles. The van der Waals surface area contributed by atoms with Gasteiger partial charge in [0, 0.05) is 18.7 Å². The number of amides is 2. The molecule has 1 aliphatic heterocycles. The third-order valence-corrected chi connectivity index (χ3v) is 5.12. The summed E-state index contributed by atoms with van der Waals surface area (Å²) in [4.78, 5) is 31.2. The van der Waals surface area contributed by atoms with Gasteiger partial charge in [0.25, 0.3) is 0 Å². The second kappa shape index (κ2) is 8.81. The highest BCUT2D eigenvalue weighted by molar-refractivity contribution is 8.15. The maximum atomic E-state index is 13.0. The minimum Gasteiger partial charge on any atom is -0.326 e. The van der Waals surface area contributed by atoms with Crippen molar-refractivity contribution >= 4 is 40.1 Å². The number of nitrogens with one attached hydrogen (secondary N) is 1. The molecule has 1 heterocycles. The predicted molar refractivity (Wildman–Crippen MR) is 107 cm³/mol. The molecule has 1 atom stereocenters. The van der Waals surface area contributed by atoms with Crippen molar-refractivity contribution in [2.24, 2.45) is 4.99 Å². The second-order valence-electron chi connectivity index (χ2n) is 6.09. The van der Waals surface area contributed by atoms with E-state index in [0.29, 0.717) is 17.4 Å². The van der Waals surface area contributed by atoms with Crippen LogP contribution in [0.25, 0.3) is 0 Å². The Morgan fingerprint density at radius 1 is 1.19 bits per heavy atom. The molecule has 2 aromatic rings. The van der Waals surface area contributed by atoms with Gasteiger partial charge in [-0.3, -0.25) is 14.5 Å². The molecule has 1 fully saturated rings. The van der Waals surface area contributed by atoms with Gasteiger partial charge in [-0.1, -0.05) is 36.9 Å². The molecule has 7 heteroatoms. The second-order valence-corrected chi connectivity index (χ2v) is 7.26. The van der Waals surface area contributed by atoms with E-state index in [1.807, 2.05) is 37.3 Å². The molecule has 1 N–H and O–H groups in total. The molecule has 140 valence electrons. The molecule has 0 spiro atoms. The van der Waals surface area contributed by atoms with Crippen LogP contribution in [0.5, 0.6) is 0 Å². The van der Waals surface area contributed by atoms with Crippen LogP contribution < -0.4 is 5.32 Å². The van der Waals surface area contributed by atoms with Gasteiger partial charge >= 0.3 is 0 Å². The Morgan fingerprint density at radius 2 is 1.89 bits per heavy atom. The number of benzene rings is 2. The highest BCUT2D eigenvalue weighted by atomic mass is 32.2. The first-order chi connectivity index (χ1) is 13.1. The standard InChI is InChI=1S/C20H20FN3O2S/c1-2-12-24-19(26)17(27-20(24)23-15-6-4-3-5-7-15)13-18(25)22-16-10-8-14(21)9-11-16/h3-11,17H,2,12-13H2,1H3,(H,22,25)/t17-/m1/s1. The Morgan fingerprint density at radius 3 is 2.56 bits per heavy atom. The molecule has 0 bridgehead atoms. The Kier molecular flexibility index (Phi) is 6.24. The fourth-order valence-electron chi connectivity index (χ4n) is 2.68. The van der Waals surface area contributed by atoms with Gasteiger partial charge in [-0.15, -0.1) is 0 Å². The van der Waals surface area contributed by atoms with E-state index in [0.717, 1.165) is 12.1 Å². The molecule has 2 amide bonds. The molecule has 1 saturated heterocycles. The lowest BCUT2D eigenvalue weighted by Crippen LogP contribution is -2.34. The fourth-order valence-corrected chi connectivity index (χ4v) is 3.86. The Labute approximate surface area is 161 Å². The van der Waals surface area contributed by atoms with Crippen molar-refractivity contribution in [3.63, 3.8) is 0 Å². The Hall–Kier alpha value is -2.67. The molecule has 0 aliphatic carbocycles. The summed E-state index contributed by atoms with van der Waals surface area (Å²) in [6.07, 6.45) is 0.837. The highest BCUT2D eigenvalue weighted by Crippen LogP contribution is 2.32. The van der Waals surface area contributed by atoms with Crippen LogP contribution in [0.4, 0.5) is 15.8 Å². The number of hydrogen-bond donors (Lipinski definition) is 1. The number of carbonyl (C=O) groups is 2. The largest absolute Gasteiger partial charge is 0.326 e. The predicted octanol–water partition coefficient (Wildman–Crippen LogP) is 4.20. The van der Waals surface area contributed by atoms with E-state index in [1.54, 1.807) is 4.90 Å². The zero-order valence-corrected chi connectivity index (χ0v) is 15.7. The zero-order chi connectivity index (χ0) is 19.2. The average Bonchev–Trinajstić information content (AvgIpc) is 2.93. The fraction of sp³-hybridized carbons (Fsp3) is 0.250. The maximum Gasteiger partial charge on any atom is 0.242 e. The van der Waals surface area contributed by atoms with Crippen LogP contribution in [0.3, 0.4) is 0 Å². The summed E-state index contributed by atoms with van der Waals surface area (Å²) in [5.74, 6) is -0.762. The summed E-state index contributed by atoms with van der Waals surface area (Å²) in [5.41, 5.74) is 1.27. The molecule has 2 aromatic carbocycles. The first-order valence-electron chi connectivity index (χ1n) is 8.74. The number of aliphatic imine (C=N–C) groups is 1. The van der Waals surface area contributed by atoms with Crippen LogP contribution in [0.1, 0.15) is 19.8 Å². The number of anilines is 1. The van der Waals surface area contributed by atoms with E-state index < -0.39 is 5.25 Å². The average molecular weight is 385 g/mol.